The zero-order valence-electron chi connectivity index (χ0n) is 18.3. The van der Waals surface area contributed by atoms with Gasteiger partial charge in [-0.1, -0.05) is 28.7 Å². The van der Waals surface area contributed by atoms with Crippen molar-refractivity contribution in [2.45, 2.75) is 6.04 Å². The highest BCUT2D eigenvalue weighted by atomic mass is 35.5. The number of fused-ring (bicyclic) bond motifs is 2. The van der Waals surface area contributed by atoms with Crippen molar-refractivity contribution in [1.82, 2.24) is 14.8 Å². The fourth-order valence-electron chi connectivity index (χ4n) is 4.10. The van der Waals surface area contributed by atoms with Crippen LogP contribution in [0.1, 0.15) is 15.9 Å². The number of nitrogens with zero attached hydrogens (tertiary/aromatic N) is 6. The lowest BCUT2D eigenvalue weighted by molar-refractivity contribution is -0.527. The number of carbonyl (C=O) groups is 3. The summed E-state index contributed by atoms with van der Waals surface area (Å²) in [5, 5.41) is 6.54. The molecule has 0 N–H and O–H groups in total. The quantitative estimate of drug-likeness (QED) is 0.494. The lowest BCUT2D eigenvalue weighted by atomic mass is 10.1. The van der Waals surface area contributed by atoms with Gasteiger partial charge in [-0.15, -0.1) is 10.1 Å². The second-order valence-corrected chi connectivity index (χ2v) is 8.52. The molecule has 3 heterocycles. The number of halogens is 2. The van der Waals surface area contributed by atoms with Gasteiger partial charge in [0.2, 0.25) is 11.9 Å². The van der Waals surface area contributed by atoms with Gasteiger partial charge in [0.15, 0.2) is 12.3 Å². The van der Waals surface area contributed by atoms with E-state index in [-0.39, 0.29) is 30.7 Å². The Hall–Kier alpha value is -3.92. The molecule has 3 aliphatic rings. The third kappa shape index (κ3) is 3.56. The van der Waals surface area contributed by atoms with Crippen LogP contribution in [-0.4, -0.2) is 87.8 Å². The van der Waals surface area contributed by atoms with E-state index in [0.29, 0.717) is 21.9 Å². The number of hydrogen-bond acceptors (Lipinski definition) is 6. The van der Waals surface area contributed by atoms with Gasteiger partial charge >= 0.3 is 12.0 Å². The van der Waals surface area contributed by atoms with Gasteiger partial charge in [0, 0.05) is 30.2 Å². The summed E-state index contributed by atoms with van der Waals surface area (Å²) in [5.74, 6) is -0.505. The summed E-state index contributed by atoms with van der Waals surface area (Å²) in [7, 11) is 2.96. The Balaban J connectivity index is 1.55. The summed E-state index contributed by atoms with van der Waals surface area (Å²) in [6.45, 7) is 0.0230. The molecule has 172 valence electrons. The molecule has 0 aliphatic carbocycles. The number of imide groups is 1. The SMILES string of the molecule is CN1C(=O)C2C(=NC3=[N+]2CC(c2ccc(F)cc2)=NN3CC(=O)c2ccc(Cl)cc2)N(C)C1=O. The first-order valence-corrected chi connectivity index (χ1v) is 10.8. The van der Waals surface area contributed by atoms with Crippen LogP contribution >= 0.6 is 11.6 Å². The van der Waals surface area contributed by atoms with Crippen molar-refractivity contribution in [3.05, 3.63) is 70.5 Å². The van der Waals surface area contributed by atoms with E-state index in [1.165, 1.54) is 29.1 Å². The van der Waals surface area contributed by atoms with Gasteiger partial charge in [-0.3, -0.25) is 19.4 Å². The fourth-order valence-corrected chi connectivity index (χ4v) is 4.22. The zero-order valence-corrected chi connectivity index (χ0v) is 19.0. The third-order valence-electron chi connectivity index (χ3n) is 5.94. The molecule has 9 nitrogen and oxygen atoms in total. The first kappa shape index (κ1) is 21.9. The smallest absolute Gasteiger partial charge is 0.290 e. The number of guanidine groups is 1. The van der Waals surface area contributed by atoms with Crippen LogP contribution in [0.15, 0.2) is 58.6 Å². The summed E-state index contributed by atoms with van der Waals surface area (Å²) in [6.07, 6.45) is 0. The number of carbonyl (C=O) groups excluding carboxylic acids is 3. The van der Waals surface area contributed by atoms with Crippen molar-refractivity contribution in [3.8, 4) is 0 Å². The fraction of sp³-hybridized carbons (Fsp3) is 0.217. The lowest BCUT2D eigenvalue weighted by Crippen LogP contribution is -2.62. The summed E-state index contributed by atoms with van der Waals surface area (Å²) in [6, 6.07) is 10.9. The molecule has 11 heteroatoms. The lowest BCUT2D eigenvalue weighted by Gasteiger charge is -2.32. The number of Topliss-reactive ketones (excluding diaryl/α,β-unsaturated/α-hetero) is 1. The Morgan fingerprint density at radius 3 is 2.44 bits per heavy atom. The maximum Gasteiger partial charge on any atom is 0.417 e. The van der Waals surface area contributed by atoms with Crippen LogP contribution in [0.3, 0.4) is 0 Å². The largest absolute Gasteiger partial charge is 0.417 e. The summed E-state index contributed by atoms with van der Waals surface area (Å²) in [5.41, 5.74) is 1.60. The topological polar surface area (TPSA) is 88.7 Å². The van der Waals surface area contributed by atoms with E-state index in [2.05, 4.69) is 10.1 Å². The molecule has 2 aromatic carbocycles. The molecule has 1 atom stereocenters. The minimum atomic E-state index is -0.846. The molecule has 1 saturated heterocycles. The van der Waals surface area contributed by atoms with E-state index >= 15 is 0 Å². The molecule has 3 aliphatic heterocycles. The average molecular weight is 482 g/mol. The molecule has 0 saturated carbocycles. The van der Waals surface area contributed by atoms with Gasteiger partial charge in [-0.2, -0.15) is 0 Å². The van der Waals surface area contributed by atoms with Gasteiger partial charge in [-0.25, -0.2) is 13.8 Å². The number of benzene rings is 2. The summed E-state index contributed by atoms with van der Waals surface area (Å²) in [4.78, 5) is 45.4. The second kappa shape index (κ2) is 8.14. The van der Waals surface area contributed by atoms with Crippen LogP contribution in [0, 0.1) is 5.82 Å². The maximum atomic E-state index is 13.5. The van der Waals surface area contributed by atoms with Crippen LogP contribution in [-0.2, 0) is 4.79 Å². The number of likely N-dealkylation sites (N-methyl/N-ethyl adjacent to an activating group) is 2. The molecule has 0 bridgehead atoms. The van der Waals surface area contributed by atoms with E-state index in [1.807, 2.05) is 0 Å². The van der Waals surface area contributed by atoms with Gasteiger partial charge < -0.3 is 0 Å². The van der Waals surface area contributed by atoms with E-state index in [0.717, 1.165) is 4.90 Å². The van der Waals surface area contributed by atoms with Crippen LogP contribution < -0.4 is 0 Å². The van der Waals surface area contributed by atoms with Crippen molar-refractivity contribution >= 4 is 46.8 Å². The second-order valence-electron chi connectivity index (χ2n) is 8.08. The monoisotopic (exact) mass is 481 g/mol. The molecule has 0 radical (unpaired) electrons. The standard InChI is InChI=1S/C23H19ClFN6O3/c1-28-20-19(21(33)29(2)23(28)34)30-11-17(13-5-9-16(25)10-6-13)27-31(22(30)26-20)12-18(32)14-3-7-15(24)8-4-14/h3-10,19H,11-12H2,1-2H3/q+1. The molecule has 0 spiro atoms. The van der Waals surface area contributed by atoms with Crippen molar-refractivity contribution in [2.24, 2.45) is 10.1 Å². The Kier molecular flexibility index (Phi) is 5.24. The zero-order chi connectivity index (χ0) is 24.1. The molecule has 1 fully saturated rings. The molecule has 2 aromatic rings. The van der Waals surface area contributed by atoms with Crippen LogP contribution in [0.5, 0.6) is 0 Å². The first-order valence-electron chi connectivity index (χ1n) is 10.4. The number of aliphatic imine (C=N–C) groups is 1. The van der Waals surface area contributed by atoms with Gasteiger partial charge in [-0.05, 0) is 36.4 Å². The van der Waals surface area contributed by atoms with Gasteiger partial charge in [0.05, 0.1) is 0 Å². The Morgan fingerprint density at radius 1 is 1.09 bits per heavy atom. The Morgan fingerprint density at radius 2 is 1.76 bits per heavy atom. The van der Waals surface area contributed by atoms with Crippen LogP contribution in [0.25, 0.3) is 0 Å². The number of hydrogen-bond donors (Lipinski definition) is 0. The normalized spacial score (nSPS) is 19.8. The van der Waals surface area contributed by atoms with Crippen LogP contribution in [0.4, 0.5) is 9.18 Å². The molecular formula is C23H19ClFN6O3+. The molecule has 1 unspecified atom stereocenters. The summed E-state index contributed by atoms with van der Waals surface area (Å²) >= 11 is 5.93. The predicted octanol–water partition coefficient (Wildman–Crippen LogP) is 2.05. The molecule has 5 rings (SSSR count). The number of ketones is 1. The Labute approximate surface area is 199 Å². The number of amides is 3. The van der Waals surface area contributed by atoms with Crippen molar-refractivity contribution < 1.29 is 23.3 Å². The molecular weight excluding hydrogens is 463 g/mol. The van der Waals surface area contributed by atoms with Gasteiger partial charge in [0.25, 0.3) is 5.91 Å². The molecule has 34 heavy (non-hydrogen) atoms. The van der Waals surface area contributed by atoms with E-state index in [9.17, 15) is 18.8 Å². The minimum absolute atomic E-state index is 0.163. The summed E-state index contributed by atoms with van der Waals surface area (Å²) < 4.78 is 15.2. The highest BCUT2D eigenvalue weighted by Crippen LogP contribution is 2.24. The van der Waals surface area contributed by atoms with Crippen molar-refractivity contribution in [1.29, 1.82) is 0 Å². The van der Waals surface area contributed by atoms with E-state index in [4.69, 9.17) is 11.6 Å². The first-order chi connectivity index (χ1) is 16.2. The number of hydrazone groups is 1. The molecule has 0 aromatic heterocycles. The minimum Gasteiger partial charge on any atom is -0.290 e. The predicted molar refractivity (Wildman–Crippen MR) is 123 cm³/mol. The van der Waals surface area contributed by atoms with E-state index in [1.54, 1.807) is 48.0 Å². The average Bonchev–Trinajstić information content (AvgIpc) is 3.22. The van der Waals surface area contributed by atoms with Crippen LogP contribution in [0.2, 0.25) is 5.02 Å². The van der Waals surface area contributed by atoms with Crippen molar-refractivity contribution in [2.75, 3.05) is 27.2 Å². The number of urea groups is 1. The maximum absolute atomic E-state index is 13.5. The molecule has 3 amide bonds. The van der Waals surface area contributed by atoms with E-state index < -0.39 is 23.8 Å². The number of rotatable bonds is 4. The third-order valence-corrected chi connectivity index (χ3v) is 6.19. The Bertz CT molecular complexity index is 1320. The highest BCUT2D eigenvalue weighted by molar-refractivity contribution is 6.30. The highest BCUT2D eigenvalue weighted by Gasteiger charge is 2.54. The van der Waals surface area contributed by atoms with Gasteiger partial charge in [0.1, 0.15) is 18.1 Å². The number of amidine groups is 1. The van der Waals surface area contributed by atoms with Crippen molar-refractivity contribution in [3.63, 3.8) is 0 Å².